The maximum Gasteiger partial charge on any atom is 0.164 e. The molecule has 1 aliphatic rings. The van der Waals surface area contributed by atoms with Crippen molar-refractivity contribution >= 4 is 5.69 Å². The van der Waals surface area contributed by atoms with E-state index < -0.39 is 0 Å². The standard InChI is InChI=1S/C13H16N4O/c1-18-11-6-3-7-17-12(15-16-13(11)17)9-4-2-5-10(14)8-9/h2,4-5,8,11H,3,6-7,14H2,1H3. The monoisotopic (exact) mass is 244 g/mol. The zero-order chi connectivity index (χ0) is 12.5. The van der Waals surface area contributed by atoms with Gasteiger partial charge in [0.25, 0.3) is 0 Å². The Morgan fingerprint density at radius 3 is 3.06 bits per heavy atom. The number of nitrogens with zero attached hydrogens (tertiary/aromatic N) is 3. The zero-order valence-electron chi connectivity index (χ0n) is 10.3. The second kappa shape index (κ2) is 4.42. The van der Waals surface area contributed by atoms with Crippen LogP contribution < -0.4 is 5.73 Å². The van der Waals surface area contributed by atoms with E-state index in [1.54, 1.807) is 7.11 Å². The fourth-order valence-electron chi connectivity index (χ4n) is 2.45. The summed E-state index contributed by atoms with van der Waals surface area (Å²) in [6, 6.07) is 7.73. The topological polar surface area (TPSA) is 66.0 Å². The summed E-state index contributed by atoms with van der Waals surface area (Å²) < 4.78 is 7.57. The number of nitrogen functional groups attached to an aromatic ring is 1. The summed E-state index contributed by atoms with van der Waals surface area (Å²) in [4.78, 5) is 0. The highest BCUT2D eigenvalue weighted by Gasteiger charge is 2.25. The second-order valence-electron chi connectivity index (χ2n) is 4.53. The Morgan fingerprint density at radius 1 is 1.39 bits per heavy atom. The lowest BCUT2D eigenvalue weighted by Gasteiger charge is -2.22. The Bertz CT molecular complexity index is 564. The van der Waals surface area contributed by atoms with Gasteiger partial charge in [-0.25, -0.2) is 0 Å². The lowest BCUT2D eigenvalue weighted by atomic mass is 10.1. The highest BCUT2D eigenvalue weighted by Crippen LogP contribution is 2.30. The molecule has 1 aliphatic heterocycles. The molecule has 0 bridgehead atoms. The molecule has 3 rings (SSSR count). The van der Waals surface area contributed by atoms with Gasteiger partial charge in [0.05, 0.1) is 0 Å². The van der Waals surface area contributed by atoms with Crippen LogP contribution in [0.25, 0.3) is 11.4 Å². The van der Waals surface area contributed by atoms with E-state index in [9.17, 15) is 0 Å². The van der Waals surface area contributed by atoms with Crippen molar-refractivity contribution in [1.29, 1.82) is 0 Å². The number of nitrogens with two attached hydrogens (primary N) is 1. The molecule has 0 radical (unpaired) electrons. The molecule has 1 atom stereocenters. The molecule has 1 aromatic carbocycles. The van der Waals surface area contributed by atoms with E-state index in [1.807, 2.05) is 24.3 Å². The quantitative estimate of drug-likeness (QED) is 0.821. The van der Waals surface area contributed by atoms with Gasteiger partial charge in [0, 0.05) is 24.9 Å². The van der Waals surface area contributed by atoms with Crippen LogP contribution in [-0.4, -0.2) is 21.9 Å². The Kier molecular flexibility index (Phi) is 2.76. The van der Waals surface area contributed by atoms with Crippen LogP contribution in [0.2, 0.25) is 0 Å². The number of fused-ring (bicyclic) bond motifs is 1. The third-order valence-corrected chi connectivity index (χ3v) is 3.34. The van der Waals surface area contributed by atoms with Gasteiger partial charge < -0.3 is 15.0 Å². The van der Waals surface area contributed by atoms with Gasteiger partial charge in [-0.2, -0.15) is 0 Å². The Balaban J connectivity index is 2.07. The van der Waals surface area contributed by atoms with Crippen LogP contribution in [0.4, 0.5) is 5.69 Å². The van der Waals surface area contributed by atoms with E-state index in [-0.39, 0.29) is 6.10 Å². The summed E-state index contributed by atoms with van der Waals surface area (Å²) in [6.07, 6.45) is 2.14. The highest BCUT2D eigenvalue weighted by molar-refractivity contribution is 5.61. The molecule has 1 aromatic heterocycles. The van der Waals surface area contributed by atoms with Gasteiger partial charge in [-0.3, -0.25) is 0 Å². The molecule has 0 amide bonds. The largest absolute Gasteiger partial charge is 0.399 e. The summed E-state index contributed by atoms with van der Waals surface area (Å²) in [5, 5.41) is 8.55. The number of ether oxygens (including phenoxy) is 1. The van der Waals surface area contributed by atoms with Gasteiger partial charge in [0.2, 0.25) is 0 Å². The molecule has 0 fully saturated rings. The molecule has 2 N–H and O–H groups in total. The van der Waals surface area contributed by atoms with E-state index in [4.69, 9.17) is 10.5 Å². The predicted octanol–water partition coefficient (Wildman–Crippen LogP) is 2.01. The average Bonchev–Trinajstić information content (AvgIpc) is 2.82. The molecule has 0 aliphatic carbocycles. The predicted molar refractivity (Wildman–Crippen MR) is 68.9 cm³/mol. The first-order chi connectivity index (χ1) is 8.79. The van der Waals surface area contributed by atoms with Crippen LogP contribution in [0.3, 0.4) is 0 Å². The third kappa shape index (κ3) is 1.76. The molecule has 0 saturated heterocycles. The van der Waals surface area contributed by atoms with Crippen LogP contribution >= 0.6 is 0 Å². The number of rotatable bonds is 2. The number of benzene rings is 1. The summed E-state index contributed by atoms with van der Waals surface area (Å²) in [5.41, 5.74) is 7.56. The normalized spacial score (nSPS) is 18.6. The second-order valence-corrected chi connectivity index (χ2v) is 4.53. The Hall–Kier alpha value is -1.88. The number of hydrogen-bond acceptors (Lipinski definition) is 4. The van der Waals surface area contributed by atoms with Gasteiger partial charge in [-0.15, -0.1) is 10.2 Å². The Labute approximate surface area is 106 Å². The zero-order valence-corrected chi connectivity index (χ0v) is 10.3. The molecule has 18 heavy (non-hydrogen) atoms. The van der Waals surface area contributed by atoms with E-state index in [0.717, 1.165) is 42.3 Å². The molecule has 0 saturated carbocycles. The minimum Gasteiger partial charge on any atom is -0.399 e. The SMILES string of the molecule is COC1CCCn2c(-c3cccc(N)c3)nnc21. The lowest BCUT2D eigenvalue weighted by molar-refractivity contribution is 0.0719. The number of methoxy groups -OCH3 is 1. The smallest absolute Gasteiger partial charge is 0.164 e. The summed E-state index contributed by atoms with van der Waals surface area (Å²) in [5.74, 6) is 1.79. The molecular weight excluding hydrogens is 228 g/mol. The minimum absolute atomic E-state index is 0.0565. The maximum atomic E-state index is 5.81. The lowest BCUT2D eigenvalue weighted by Crippen LogP contribution is -2.18. The van der Waals surface area contributed by atoms with Crippen molar-refractivity contribution in [3.63, 3.8) is 0 Å². The van der Waals surface area contributed by atoms with Crippen molar-refractivity contribution in [2.24, 2.45) is 0 Å². The minimum atomic E-state index is 0.0565. The Morgan fingerprint density at radius 2 is 2.28 bits per heavy atom. The first-order valence-electron chi connectivity index (χ1n) is 6.11. The van der Waals surface area contributed by atoms with E-state index in [1.165, 1.54) is 0 Å². The van der Waals surface area contributed by atoms with Crippen molar-refractivity contribution in [2.45, 2.75) is 25.5 Å². The van der Waals surface area contributed by atoms with Crippen molar-refractivity contribution < 1.29 is 4.74 Å². The van der Waals surface area contributed by atoms with Gasteiger partial charge in [0.15, 0.2) is 11.6 Å². The van der Waals surface area contributed by atoms with Gasteiger partial charge in [-0.1, -0.05) is 12.1 Å². The summed E-state index contributed by atoms with van der Waals surface area (Å²) in [7, 11) is 1.72. The number of aromatic nitrogens is 3. The fourth-order valence-corrected chi connectivity index (χ4v) is 2.45. The van der Waals surface area contributed by atoms with Gasteiger partial charge in [0.1, 0.15) is 6.10 Å². The van der Waals surface area contributed by atoms with Crippen LogP contribution in [0, 0.1) is 0 Å². The van der Waals surface area contributed by atoms with Crippen LogP contribution in [0.15, 0.2) is 24.3 Å². The van der Waals surface area contributed by atoms with Crippen LogP contribution in [0.1, 0.15) is 24.8 Å². The molecule has 2 aromatic rings. The van der Waals surface area contributed by atoms with E-state index >= 15 is 0 Å². The van der Waals surface area contributed by atoms with Crippen LogP contribution in [0.5, 0.6) is 0 Å². The van der Waals surface area contributed by atoms with Crippen LogP contribution in [-0.2, 0) is 11.3 Å². The molecule has 94 valence electrons. The van der Waals surface area contributed by atoms with Crippen molar-refractivity contribution in [3.8, 4) is 11.4 Å². The molecular formula is C13H16N4O. The van der Waals surface area contributed by atoms with Crippen molar-refractivity contribution in [1.82, 2.24) is 14.8 Å². The van der Waals surface area contributed by atoms with E-state index in [0.29, 0.717) is 0 Å². The molecule has 5 nitrogen and oxygen atoms in total. The first kappa shape index (κ1) is 11.2. The van der Waals surface area contributed by atoms with Gasteiger partial charge >= 0.3 is 0 Å². The molecule has 0 spiro atoms. The van der Waals surface area contributed by atoms with E-state index in [2.05, 4.69) is 14.8 Å². The van der Waals surface area contributed by atoms with Gasteiger partial charge in [-0.05, 0) is 25.0 Å². The number of hydrogen-bond donors (Lipinski definition) is 1. The maximum absolute atomic E-state index is 5.81. The van der Waals surface area contributed by atoms with Crippen molar-refractivity contribution in [3.05, 3.63) is 30.1 Å². The first-order valence-corrected chi connectivity index (χ1v) is 6.11. The highest BCUT2D eigenvalue weighted by atomic mass is 16.5. The summed E-state index contributed by atoms with van der Waals surface area (Å²) >= 11 is 0. The number of anilines is 1. The third-order valence-electron chi connectivity index (χ3n) is 3.34. The molecule has 2 heterocycles. The fraction of sp³-hybridized carbons (Fsp3) is 0.385. The summed E-state index contributed by atoms with van der Waals surface area (Å²) in [6.45, 7) is 0.937. The molecule has 5 heteroatoms. The molecule has 1 unspecified atom stereocenters. The van der Waals surface area contributed by atoms with Crippen molar-refractivity contribution in [2.75, 3.05) is 12.8 Å². The average molecular weight is 244 g/mol.